The molecule has 0 unspecified atom stereocenters. The number of ketones is 1. The van der Waals surface area contributed by atoms with Gasteiger partial charge >= 0.3 is 0 Å². The van der Waals surface area contributed by atoms with Crippen molar-refractivity contribution < 1.29 is 4.79 Å². The van der Waals surface area contributed by atoms with E-state index in [9.17, 15) is 4.79 Å². The lowest BCUT2D eigenvalue weighted by Gasteiger charge is -2.00. The minimum atomic E-state index is 0.252. The number of unbranched alkanes of at least 4 members (excludes halogenated alkanes) is 1. The van der Waals surface area contributed by atoms with E-state index >= 15 is 0 Å². The Morgan fingerprint density at radius 3 is 2.53 bits per heavy atom. The SMILES string of the molecule is CCCC/C(C)=C\C(=O)CCc1ccccc1. The second-order valence-corrected chi connectivity index (χ2v) is 4.55. The number of allylic oxidation sites excluding steroid dienone is 2. The number of carbonyl (C=O) groups is 1. The zero-order chi connectivity index (χ0) is 12.5. The van der Waals surface area contributed by atoms with Crippen LogP contribution in [0.2, 0.25) is 0 Å². The van der Waals surface area contributed by atoms with Crippen molar-refractivity contribution in [2.75, 3.05) is 0 Å². The van der Waals surface area contributed by atoms with Crippen molar-refractivity contribution in [2.45, 2.75) is 46.0 Å². The normalized spacial score (nSPS) is 11.5. The van der Waals surface area contributed by atoms with E-state index in [1.54, 1.807) is 0 Å². The van der Waals surface area contributed by atoms with E-state index in [0.29, 0.717) is 6.42 Å². The van der Waals surface area contributed by atoms with Crippen molar-refractivity contribution in [3.05, 3.63) is 47.5 Å². The summed E-state index contributed by atoms with van der Waals surface area (Å²) >= 11 is 0. The van der Waals surface area contributed by atoms with E-state index in [1.807, 2.05) is 24.3 Å². The zero-order valence-corrected chi connectivity index (χ0v) is 10.9. The second kappa shape index (κ2) is 7.83. The van der Waals surface area contributed by atoms with Gasteiger partial charge in [0.15, 0.2) is 5.78 Å². The van der Waals surface area contributed by atoms with E-state index in [1.165, 1.54) is 24.0 Å². The molecule has 0 saturated heterocycles. The Balaban J connectivity index is 2.35. The molecule has 92 valence electrons. The fourth-order valence-electron chi connectivity index (χ4n) is 1.79. The summed E-state index contributed by atoms with van der Waals surface area (Å²) in [5.41, 5.74) is 2.45. The van der Waals surface area contributed by atoms with Crippen molar-refractivity contribution in [3.63, 3.8) is 0 Å². The maximum atomic E-state index is 11.7. The van der Waals surface area contributed by atoms with Gasteiger partial charge in [-0.05, 0) is 37.8 Å². The number of rotatable bonds is 7. The summed E-state index contributed by atoms with van der Waals surface area (Å²) in [6.07, 6.45) is 6.69. The molecule has 0 radical (unpaired) electrons. The molecule has 0 atom stereocenters. The van der Waals surface area contributed by atoms with Gasteiger partial charge in [0.05, 0.1) is 0 Å². The molecular weight excluding hydrogens is 208 g/mol. The molecule has 1 heteroatoms. The van der Waals surface area contributed by atoms with Gasteiger partial charge in [0.25, 0.3) is 0 Å². The highest BCUT2D eigenvalue weighted by Crippen LogP contribution is 2.08. The molecule has 0 N–H and O–H groups in total. The van der Waals surface area contributed by atoms with Crippen LogP contribution in [0.3, 0.4) is 0 Å². The number of hydrogen-bond donors (Lipinski definition) is 0. The molecule has 0 aliphatic rings. The lowest BCUT2D eigenvalue weighted by atomic mass is 10.0. The minimum absolute atomic E-state index is 0.252. The van der Waals surface area contributed by atoms with Crippen molar-refractivity contribution >= 4 is 5.78 Å². The standard InChI is InChI=1S/C16H22O/c1-3-4-8-14(2)13-16(17)12-11-15-9-6-5-7-10-15/h5-7,9-10,13H,3-4,8,11-12H2,1-2H3/b14-13-. The molecule has 0 aliphatic carbocycles. The summed E-state index contributed by atoms with van der Waals surface area (Å²) in [6, 6.07) is 10.2. The number of carbonyl (C=O) groups excluding carboxylic acids is 1. The van der Waals surface area contributed by atoms with Gasteiger partial charge in [-0.25, -0.2) is 0 Å². The summed E-state index contributed by atoms with van der Waals surface area (Å²) in [6.45, 7) is 4.22. The lowest BCUT2D eigenvalue weighted by molar-refractivity contribution is -0.114. The molecule has 1 rings (SSSR count). The molecule has 0 spiro atoms. The van der Waals surface area contributed by atoms with E-state index in [4.69, 9.17) is 0 Å². The van der Waals surface area contributed by atoms with Gasteiger partial charge in [0, 0.05) is 6.42 Å². The molecule has 0 saturated carbocycles. The van der Waals surface area contributed by atoms with Crippen LogP contribution in [0, 0.1) is 0 Å². The van der Waals surface area contributed by atoms with Crippen molar-refractivity contribution in [2.24, 2.45) is 0 Å². The van der Waals surface area contributed by atoms with Crippen LogP contribution in [-0.2, 0) is 11.2 Å². The topological polar surface area (TPSA) is 17.1 Å². The molecule has 0 bridgehead atoms. The molecule has 0 heterocycles. The minimum Gasteiger partial charge on any atom is -0.295 e. The Kier molecular flexibility index (Phi) is 6.31. The van der Waals surface area contributed by atoms with E-state index in [-0.39, 0.29) is 5.78 Å². The first-order valence-corrected chi connectivity index (χ1v) is 6.46. The Labute approximate surface area is 105 Å². The highest BCUT2D eigenvalue weighted by molar-refractivity contribution is 5.90. The third-order valence-electron chi connectivity index (χ3n) is 2.83. The van der Waals surface area contributed by atoms with Crippen LogP contribution in [0.25, 0.3) is 0 Å². The molecule has 0 amide bonds. The van der Waals surface area contributed by atoms with Crippen LogP contribution in [0.1, 0.15) is 45.1 Å². The number of benzene rings is 1. The molecule has 0 fully saturated rings. The molecule has 1 aromatic rings. The first kappa shape index (κ1) is 13.7. The summed E-state index contributed by atoms with van der Waals surface area (Å²) in [5, 5.41) is 0. The van der Waals surface area contributed by atoms with Crippen LogP contribution in [0.4, 0.5) is 0 Å². The molecule has 0 aliphatic heterocycles. The Morgan fingerprint density at radius 1 is 1.18 bits per heavy atom. The van der Waals surface area contributed by atoms with Crippen LogP contribution >= 0.6 is 0 Å². The van der Waals surface area contributed by atoms with Gasteiger partial charge in [-0.1, -0.05) is 49.2 Å². The first-order chi connectivity index (χ1) is 8.22. The number of aryl methyl sites for hydroxylation is 1. The summed E-state index contributed by atoms with van der Waals surface area (Å²) in [5.74, 6) is 0.252. The van der Waals surface area contributed by atoms with Gasteiger partial charge in [-0.15, -0.1) is 0 Å². The molecule has 17 heavy (non-hydrogen) atoms. The highest BCUT2D eigenvalue weighted by Gasteiger charge is 2.00. The van der Waals surface area contributed by atoms with Gasteiger partial charge in [0.2, 0.25) is 0 Å². The predicted molar refractivity (Wildman–Crippen MR) is 73.1 cm³/mol. The molecular formula is C16H22O. The van der Waals surface area contributed by atoms with Crippen molar-refractivity contribution in [3.8, 4) is 0 Å². The fraction of sp³-hybridized carbons (Fsp3) is 0.438. The Morgan fingerprint density at radius 2 is 1.88 bits per heavy atom. The van der Waals surface area contributed by atoms with Crippen LogP contribution in [0.15, 0.2) is 42.0 Å². The maximum absolute atomic E-state index is 11.7. The molecule has 0 aromatic heterocycles. The fourth-order valence-corrected chi connectivity index (χ4v) is 1.79. The third kappa shape index (κ3) is 6.06. The average molecular weight is 230 g/mol. The van der Waals surface area contributed by atoms with Gasteiger partial charge < -0.3 is 0 Å². The Hall–Kier alpha value is -1.37. The summed E-state index contributed by atoms with van der Waals surface area (Å²) in [7, 11) is 0. The quantitative estimate of drug-likeness (QED) is 0.637. The zero-order valence-electron chi connectivity index (χ0n) is 10.9. The van der Waals surface area contributed by atoms with E-state index in [0.717, 1.165) is 12.8 Å². The summed E-state index contributed by atoms with van der Waals surface area (Å²) in [4.78, 5) is 11.7. The maximum Gasteiger partial charge on any atom is 0.155 e. The van der Waals surface area contributed by atoms with E-state index in [2.05, 4.69) is 26.0 Å². The monoisotopic (exact) mass is 230 g/mol. The lowest BCUT2D eigenvalue weighted by Crippen LogP contribution is -1.97. The van der Waals surface area contributed by atoms with Gasteiger partial charge in [-0.3, -0.25) is 4.79 Å². The van der Waals surface area contributed by atoms with Gasteiger partial charge in [-0.2, -0.15) is 0 Å². The second-order valence-electron chi connectivity index (χ2n) is 4.55. The smallest absolute Gasteiger partial charge is 0.155 e. The van der Waals surface area contributed by atoms with Gasteiger partial charge in [0.1, 0.15) is 0 Å². The number of hydrogen-bond acceptors (Lipinski definition) is 1. The largest absolute Gasteiger partial charge is 0.295 e. The average Bonchev–Trinajstić information content (AvgIpc) is 2.35. The van der Waals surface area contributed by atoms with Crippen LogP contribution in [0.5, 0.6) is 0 Å². The van der Waals surface area contributed by atoms with Crippen molar-refractivity contribution in [1.29, 1.82) is 0 Å². The predicted octanol–water partition coefficient (Wildman–Crippen LogP) is 4.32. The van der Waals surface area contributed by atoms with Crippen LogP contribution in [-0.4, -0.2) is 5.78 Å². The summed E-state index contributed by atoms with van der Waals surface area (Å²) < 4.78 is 0. The Bertz CT molecular complexity index is 362. The molecule has 1 aromatic carbocycles. The van der Waals surface area contributed by atoms with Crippen molar-refractivity contribution in [1.82, 2.24) is 0 Å². The first-order valence-electron chi connectivity index (χ1n) is 6.46. The highest BCUT2D eigenvalue weighted by atomic mass is 16.1. The van der Waals surface area contributed by atoms with E-state index < -0.39 is 0 Å². The molecule has 1 nitrogen and oxygen atoms in total. The third-order valence-corrected chi connectivity index (χ3v) is 2.83. The van der Waals surface area contributed by atoms with Crippen LogP contribution < -0.4 is 0 Å².